The Morgan fingerprint density at radius 3 is 2.48 bits per heavy atom. The van der Waals surface area contributed by atoms with Crippen molar-refractivity contribution in [3.05, 3.63) is 78.4 Å². The maximum atomic E-state index is 12.4. The lowest BCUT2D eigenvalue weighted by molar-refractivity contribution is 0.0910. The first kappa shape index (κ1) is 20.2. The summed E-state index contributed by atoms with van der Waals surface area (Å²) in [5, 5.41) is 6.72. The fraction of sp³-hybridized carbons (Fsp3) is 0.174. The molecule has 1 amide bonds. The van der Waals surface area contributed by atoms with Crippen LogP contribution in [-0.4, -0.2) is 41.4 Å². The lowest BCUT2D eigenvalue weighted by Crippen LogP contribution is -2.26. The Hall–Kier alpha value is -4.07. The van der Waals surface area contributed by atoms with E-state index in [2.05, 4.69) is 15.5 Å². The summed E-state index contributed by atoms with van der Waals surface area (Å²) in [5.74, 6) is 1.19. The van der Waals surface area contributed by atoms with E-state index in [0.29, 0.717) is 30.3 Å². The molecule has 2 aromatic heterocycles. The number of carbonyl (C=O) groups excluding carboxylic acids is 1. The predicted molar refractivity (Wildman–Crippen MR) is 115 cm³/mol. The largest absolute Gasteiger partial charge is 0.493 e. The minimum Gasteiger partial charge on any atom is -0.493 e. The van der Waals surface area contributed by atoms with Crippen LogP contribution in [0, 0.1) is 0 Å². The van der Waals surface area contributed by atoms with E-state index >= 15 is 0 Å². The van der Waals surface area contributed by atoms with Gasteiger partial charge in [0.2, 0.25) is 5.82 Å². The summed E-state index contributed by atoms with van der Waals surface area (Å²) in [5.41, 5.74) is 2.79. The first-order valence-corrected chi connectivity index (χ1v) is 9.74. The highest BCUT2D eigenvalue weighted by molar-refractivity contribution is 5.89. The van der Waals surface area contributed by atoms with Crippen LogP contribution in [0.4, 0.5) is 0 Å². The van der Waals surface area contributed by atoms with Crippen LogP contribution in [-0.2, 0) is 6.42 Å². The molecule has 0 aliphatic carbocycles. The molecule has 8 nitrogen and oxygen atoms in total. The third-order valence-electron chi connectivity index (χ3n) is 4.80. The topological polar surface area (TPSA) is 91.4 Å². The van der Waals surface area contributed by atoms with E-state index in [-0.39, 0.29) is 5.89 Å². The zero-order valence-electron chi connectivity index (χ0n) is 17.2. The van der Waals surface area contributed by atoms with Crippen molar-refractivity contribution in [3.63, 3.8) is 0 Å². The van der Waals surface area contributed by atoms with Crippen LogP contribution in [0.1, 0.15) is 16.2 Å². The van der Waals surface area contributed by atoms with Crippen LogP contribution < -0.4 is 14.8 Å². The van der Waals surface area contributed by atoms with Crippen molar-refractivity contribution in [2.75, 3.05) is 20.8 Å². The Morgan fingerprint density at radius 2 is 1.77 bits per heavy atom. The summed E-state index contributed by atoms with van der Waals surface area (Å²) >= 11 is 0. The molecular formula is C23H22N4O4. The number of amides is 1. The Balaban J connectivity index is 1.35. The second-order valence-electron chi connectivity index (χ2n) is 6.76. The minimum atomic E-state index is -0.414. The van der Waals surface area contributed by atoms with Gasteiger partial charge in [-0.2, -0.15) is 4.98 Å². The molecule has 0 saturated heterocycles. The molecule has 8 heteroatoms. The molecular weight excluding hydrogens is 396 g/mol. The molecule has 0 aliphatic rings. The number of hydrogen-bond donors (Lipinski definition) is 1. The quantitative estimate of drug-likeness (QED) is 0.471. The van der Waals surface area contributed by atoms with Gasteiger partial charge in [0.25, 0.3) is 0 Å². The van der Waals surface area contributed by atoms with Gasteiger partial charge in [-0.1, -0.05) is 11.2 Å². The first-order valence-electron chi connectivity index (χ1n) is 9.74. The smallest absolute Gasteiger partial charge is 0.316 e. The number of carbonyl (C=O) groups is 1. The van der Waals surface area contributed by atoms with Crippen molar-refractivity contribution >= 4 is 5.91 Å². The zero-order chi connectivity index (χ0) is 21.6. The molecule has 0 atom stereocenters. The van der Waals surface area contributed by atoms with Crippen LogP contribution in [0.15, 0.2) is 71.5 Å². The number of ether oxygens (including phenoxy) is 2. The van der Waals surface area contributed by atoms with Gasteiger partial charge in [0.05, 0.1) is 14.2 Å². The fourth-order valence-electron chi connectivity index (χ4n) is 3.15. The van der Waals surface area contributed by atoms with Crippen molar-refractivity contribution in [1.29, 1.82) is 0 Å². The summed E-state index contributed by atoms with van der Waals surface area (Å²) in [7, 11) is 3.18. The van der Waals surface area contributed by atoms with Gasteiger partial charge < -0.3 is 23.9 Å². The number of aromatic nitrogens is 3. The Kier molecular flexibility index (Phi) is 5.98. The summed E-state index contributed by atoms with van der Waals surface area (Å²) in [6.45, 7) is 0.414. The summed E-state index contributed by atoms with van der Waals surface area (Å²) in [4.78, 5) is 16.6. The number of nitrogens with one attached hydrogen (secondary N) is 1. The fourth-order valence-corrected chi connectivity index (χ4v) is 3.15. The molecule has 0 saturated carbocycles. The predicted octanol–water partition coefficient (Wildman–Crippen LogP) is 3.52. The van der Waals surface area contributed by atoms with Crippen LogP contribution in [0.5, 0.6) is 11.5 Å². The standard InChI is InChI=1S/C23H22N4O4/c1-29-19-10-5-16(15-20(19)30-2)11-12-24-22(28)23-25-21(26-31-23)17-6-8-18(9-7-17)27-13-3-4-14-27/h3-10,13-15H,11-12H2,1-2H3,(H,24,28). The molecule has 4 rings (SSSR count). The summed E-state index contributed by atoms with van der Waals surface area (Å²) in [6.07, 6.45) is 4.55. The van der Waals surface area contributed by atoms with E-state index in [1.165, 1.54) is 0 Å². The number of methoxy groups -OCH3 is 2. The molecule has 0 unspecified atom stereocenters. The number of rotatable bonds is 8. The summed E-state index contributed by atoms with van der Waals surface area (Å²) < 4.78 is 17.7. The van der Waals surface area contributed by atoms with E-state index in [1.54, 1.807) is 14.2 Å². The number of benzene rings is 2. The highest BCUT2D eigenvalue weighted by Crippen LogP contribution is 2.27. The van der Waals surface area contributed by atoms with Crippen molar-refractivity contribution in [2.45, 2.75) is 6.42 Å². The molecule has 0 aliphatic heterocycles. The van der Waals surface area contributed by atoms with Crippen LogP contribution in [0.2, 0.25) is 0 Å². The Bertz CT molecular complexity index is 1150. The lowest BCUT2D eigenvalue weighted by atomic mass is 10.1. The zero-order valence-corrected chi connectivity index (χ0v) is 17.2. The first-order chi connectivity index (χ1) is 15.2. The molecule has 4 aromatic rings. The summed E-state index contributed by atoms with van der Waals surface area (Å²) in [6, 6.07) is 17.2. The molecule has 158 valence electrons. The van der Waals surface area contributed by atoms with Gasteiger partial charge in [-0.25, -0.2) is 0 Å². The molecule has 1 N–H and O–H groups in total. The molecule has 2 heterocycles. The molecule has 0 fully saturated rings. The third-order valence-corrected chi connectivity index (χ3v) is 4.80. The van der Waals surface area contributed by atoms with Crippen molar-refractivity contribution in [2.24, 2.45) is 0 Å². The van der Waals surface area contributed by atoms with Gasteiger partial charge in [0, 0.05) is 30.2 Å². The maximum Gasteiger partial charge on any atom is 0.316 e. The average Bonchev–Trinajstić information content (AvgIpc) is 3.51. The van der Waals surface area contributed by atoms with Gasteiger partial charge in [0.1, 0.15) is 0 Å². The van der Waals surface area contributed by atoms with Crippen molar-refractivity contribution in [1.82, 2.24) is 20.0 Å². The van der Waals surface area contributed by atoms with Crippen molar-refractivity contribution < 1.29 is 18.8 Å². The van der Waals surface area contributed by atoms with E-state index in [1.807, 2.05) is 71.6 Å². The van der Waals surface area contributed by atoms with Crippen LogP contribution in [0.25, 0.3) is 17.1 Å². The van der Waals surface area contributed by atoms with Gasteiger partial charge >= 0.3 is 11.8 Å². The normalized spacial score (nSPS) is 10.6. The van der Waals surface area contributed by atoms with E-state index in [0.717, 1.165) is 16.8 Å². The highest BCUT2D eigenvalue weighted by atomic mass is 16.5. The average molecular weight is 418 g/mol. The van der Waals surface area contributed by atoms with E-state index in [4.69, 9.17) is 14.0 Å². The Morgan fingerprint density at radius 1 is 1.03 bits per heavy atom. The van der Waals surface area contributed by atoms with Gasteiger partial charge in [0.15, 0.2) is 11.5 Å². The molecule has 0 radical (unpaired) electrons. The molecule has 31 heavy (non-hydrogen) atoms. The highest BCUT2D eigenvalue weighted by Gasteiger charge is 2.16. The number of hydrogen-bond acceptors (Lipinski definition) is 6. The second-order valence-corrected chi connectivity index (χ2v) is 6.76. The Labute approximate surface area is 179 Å². The molecule has 0 bridgehead atoms. The maximum absolute atomic E-state index is 12.4. The molecule has 2 aromatic carbocycles. The molecule has 0 spiro atoms. The van der Waals surface area contributed by atoms with Gasteiger partial charge in [-0.15, -0.1) is 0 Å². The third kappa shape index (κ3) is 4.58. The number of nitrogens with zero attached hydrogens (tertiary/aromatic N) is 3. The SMILES string of the molecule is COc1ccc(CCNC(=O)c2nc(-c3ccc(-n4cccc4)cc3)no2)cc1OC. The lowest BCUT2D eigenvalue weighted by Gasteiger charge is -2.09. The van der Waals surface area contributed by atoms with E-state index < -0.39 is 5.91 Å². The minimum absolute atomic E-state index is 0.0724. The van der Waals surface area contributed by atoms with E-state index in [9.17, 15) is 4.79 Å². The van der Waals surface area contributed by atoms with Crippen molar-refractivity contribution in [3.8, 4) is 28.6 Å². The van der Waals surface area contributed by atoms with Crippen LogP contribution in [0.3, 0.4) is 0 Å². The monoisotopic (exact) mass is 418 g/mol. The second kappa shape index (κ2) is 9.17. The van der Waals surface area contributed by atoms with Crippen LogP contribution >= 0.6 is 0 Å². The van der Waals surface area contributed by atoms with Gasteiger partial charge in [-0.3, -0.25) is 4.79 Å². The van der Waals surface area contributed by atoms with Gasteiger partial charge in [-0.05, 0) is 60.5 Å².